The Balaban J connectivity index is 6.06. The fraction of sp³-hybridized carbons (Fsp3) is 0.960. The molecular weight excluding hydrogens is 504 g/mol. The molecule has 0 aromatic heterocycles. The third kappa shape index (κ3) is 15.1. The third-order valence-electron chi connectivity index (χ3n) is 5.04. The topological polar surface area (TPSA) is 101 Å². The maximum atomic E-state index is 14.2. The Kier molecular flexibility index (Phi) is 20.3. The van der Waals surface area contributed by atoms with Gasteiger partial charge in [-0.15, -0.1) is 4.44 Å². The van der Waals surface area contributed by atoms with E-state index < -0.39 is 33.8 Å². The molecule has 0 aliphatic rings. The third-order valence-corrected chi connectivity index (χ3v) is 10.0. The Morgan fingerprint density at radius 1 is 0.611 bits per heavy atom. The van der Waals surface area contributed by atoms with Gasteiger partial charge in [0, 0.05) is 0 Å². The summed E-state index contributed by atoms with van der Waals surface area (Å²) in [7, 11) is -8.89. The van der Waals surface area contributed by atoms with Crippen molar-refractivity contribution in [3.8, 4) is 0 Å². The largest absolute Gasteiger partial charge is 0.449 e. The number of amides is 1. The molecule has 11 heteroatoms. The van der Waals surface area contributed by atoms with E-state index in [2.05, 4.69) is 20.8 Å². The van der Waals surface area contributed by atoms with Crippen LogP contribution >= 0.6 is 15.5 Å². The predicted octanol–water partition coefficient (Wildman–Crippen LogP) is 9.27. The van der Waals surface area contributed by atoms with E-state index in [0.717, 1.165) is 57.8 Å². The number of hydrogen-bond donors (Lipinski definition) is 0. The van der Waals surface area contributed by atoms with Crippen LogP contribution < -0.4 is 0 Å². The van der Waals surface area contributed by atoms with Gasteiger partial charge in [0.05, 0.1) is 32.0 Å². The maximum absolute atomic E-state index is 14.2. The molecule has 0 rings (SSSR count). The zero-order chi connectivity index (χ0) is 27.5. The fourth-order valence-electron chi connectivity index (χ4n) is 3.29. The second kappa shape index (κ2) is 20.5. The summed E-state index contributed by atoms with van der Waals surface area (Å²) in [5, 5.41) is 0. The predicted molar refractivity (Wildman–Crippen MR) is 145 cm³/mol. The molecule has 216 valence electrons. The van der Waals surface area contributed by atoms with Crippen molar-refractivity contribution in [2.75, 3.05) is 19.8 Å². The lowest BCUT2D eigenvalue weighted by molar-refractivity contribution is 0.0855. The lowest BCUT2D eigenvalue weighted by Gasteiger charge is -2.35. The van der Waals surface area contributed by atoms with E-state index in [0.29, 0.717) is 23.7 Å². The van der Waals surface area contributed by atoms with Crippen LogP contribution in [0.3, 0.4) is 0 Å². The second-order valence-electron chi connectivity index (χ2n) is 9.50. The highest BCUT2D eigenvalue weighted by Crippen LogP contribution is 2.70. The molecule has 0 bridgehead atoms. The fourth-order valence-corrected chi connectivity index (χ4v) is 7.75. The minimum Gasteiger partial charge on any atom is -0.449 e. The molecule has 0 N–H and O–H groups in total. The van der Waals surface area contributed by atoms with E-state index >= 15 is 0 Å². The van der Waals surface area contributed by atoms with E-state index in [9.17, 15) is 13.9 Å². The molecule has 0 atom stereocenters. The normalized spacial score (nSPS) is 12.5. The Hall–Kier alpha value is -0.430. The summed E-state index contributed by atoms with van der Waals surface area (Å²) >= 11 is 0. The number of nitrogens with zero attached hydrogens (tertiary/aromatic N) is 1. The van der Waals surface area contributed by atoms with Gasteiger partial charge in [0.15, 0.2) is 0 Å². The molecule has 0 unspecified atom stereocenters. The average molecular weight is 558 g/mol. The summed E-state index contributed by atoms with van der Waals surface area (Å²) < 4.78 is 57.0. The monoisotopic (exact) mass is 557 g/mol. The lowest BCUT2D eigenvalue weighted by Crippen LogP contribution is -2.32. The first-order chi connectivity index (χ1) is 17.1. The molecule has 0 saturated heterocycles. The van der Waals surface area contributed by atoms with Gasteiger partial charge in [-0.05, 0) is 47.0 Å². The van der Waals surface area contributed by atoms with Crippen LogP contribution in [-0.4, -0.2) is 42.6 Å². The van der Waals surface area contributed by atoms with Crippen LogP contribution in [0.2, 0.25) is 0 Å². The number of carbonyl (C=O) groups excluding carboxylic acids is 1. The Morgan fingerprint density at radius 2 is 1.00 bits per heavy atom. The number of rotatable bonds is 23. The van der Waals surface area contributed by atoms with E-state index in [1.165, 1.54) is 0 Å². The molecule has 0 aliphatic carbocycles. The molecule has 9 nitrogen and oxygen atoms in total. The molecule has 0 fully saturated rings. The van der Waals surface area contributed by atoms with Gasteiger partial charge in [-0.2, -0.15) is 0 Å². The molecular formula is C25H53NO8P2. The molecule has 36 heavy (non-hydrogen) atoms. The van der Waals surface area contributed by atoms with Crippen LogP contribution in [0.15, 0.2) is 0 Å². The Labute approximate surface area is 220 Å². The van der Waals surface area contributed by atoms with Gasteiger partial charge in [-0.25, -0.2) is 13.9 Å². The van der Waals surface area contributed by atoms with Gasteiger partial charge in [-0.3, -0.25) is 18.1 Å². The highest BCUT2D eigenvalue weighted by atomic mass is 31.3. The quantitative estimate of drug-likeness (QED) is 0.0905. The number of hydrogen-bond acceptors (Lipinski definition) is 8. The Bertz CT molecular complexity index is 628. The van der Waals surface area contributed by atoms with Crippen LogP contribution in [0, 0.1) is 0 Å². The van der Waals surface area contributed by atoms with Crippen LogP contribution in [0.5, 0.6) is 0 Å². The molecule has 0 heterocycles. The Morgan fingerprint density at radius 3 is 1.36 bits per heavy atom. The minimum absolute atomic E-state index is 0.0792. The first kappa shape index (κ1) is 35.6. The van der Waals surface area contributed by atoms with Crippen molar-refractivity contribution < 1.29 is 36.8 Å². The average Bonchev–Trinajstić information content (AvgIpc) is 2.77. The zero-order valence-corrected chi connectivity index (χ0v) is 25.7. The number of ether oxygens (including phenoxy) is 1. The van der Waals surface area contributed by atoms with Crippen LogP contribution in [-0.2, 0) is 32.0 Å². The van der Waals surface area contributed by atoms with Crippen molar-refractivity contribution in [3.63, 3.8) is 0 Å². The summed E-state index contributed by atoms with van der Waals surface area (Å²) in [6.07, 6.45) is 8.35. The summed E-state index contributed by atoms with van der Waals surface area (Å²) in [6, 6.07) is 0. The van der Waals surface area contributed by atoms with Gasteiger partial charge in [0.1, 0.15) is 0 Å². The van der Waals surface area contributed by atoms with Crippen LogP contribution in [0.4, 0.5) is 4.79 Å². The van der Waals surface area contributed by atoms with Gasteiger partial charge < -0.3 is 4.74 Å². The van der Waals surface area contributed by atoms with Crippen LogP contribution in [0.25, 0.3) is 0 Å². The SMILES string of the molecule is CCCCCCOC(=O)N(P(=O)(OCCCCCC)OCCCCCC)P(=O)(OC(C)C)OC(C)C. The summed E-state index contributed by atoms with van der Waals surface area (Å²) in [5.74, 6) is 0. The standard InChI is InChI=1S/C25H53NO8P2/c1-8-11-14-17-20-30-25(27)26(36(29,33-23(4)5)34-24(6)7)35(28,31-21-18-15-12-9-2)32-22-19-16-13-10-3/h23-24H,8-22H2,1-7H3. The zero-order valence-electron chi connectivity index (χ0n) is 23.9. The van der Waals surface area contributed by atoms with Crippen LogP contribution in [0.1, 0.15) is 126 Å². The molecule has 0 aromatic carbocycles. The first-order valence-electron chi connectivity index (χ1n) is 13.9. The lowest BCUT2D eigenvalue weighted by atomic mass is 10.2. The van der Waals surface area contributed by atoms with E-state index in [1.54, 1.807) is 27.7 Å². The highest BCUT2D eigenvalue weighted by molar-refractivity contribution is 7.68. The van der Waals surface area contributed by atoms with E-state index in [-0.39, 0.29) is 19.8 Å². The van der Waals surface area contributed by atoms with E-state index in [4.69, 9.17) is 22.8 Å². The molecule has 0 aliphatic heterocycles. The molecule has 0 aromatic rings. The van der Waals surface area contributed by atoms with E-state index in [1.807, 2.05) is 0 Å². The molecule has 0 radical (unpaired) electrons. The summed E-state index contributed by atoms with van der Waals surface area (Å²) in [5.41, 5.74) is 0. The molecule has 0 spiro atoms. The van der Waals surface area contributed by atoms with Gasteiger partial charge in [-0.1, -0.05) is 78.6 Å². The highest BCUT2D eigenvalue weighted by Gasteiger charge is 2.54. The van der Waals surface area contributed by atoms with Gasteiger partial charge in [0.2, 0.25) is 0 Å². The van der Waals surface area contributed by atoms with Crippen molar-refractivity contribution in [2.45, 2.75) is 138 Å². The van der Waals surface area contributed by atoms with Gasteiger partial charge in [0.25, 0.3) is 0 Å². The summed E-state index contributed by atoms with van der Waals surface area (Å²) in [6.45, 7) is 13.2. The first-order valence-corrected chi connectivity index (χ1v) is 16.9. The second-order valence-corrected chi connectivity index (χ2v) is 13.4. The van der Waals surface area contributed by atoms with Crippen molar-refractivity contribution in [2.24, 2.45) is 0 Å². The molecule has 1 amide bonds. The summed E-state index contributed by atoms with van der Waals surface area (Å²) in [4.78, 5) is 13.3. The van der Waals surface area contributed by atoms with Crippen molar-refractivity contribution in [3.05, 3.63) is 0 Å². The number of carbonyl (C=O) groups is 1. The molecule has 0 saturated carbocycles. The maximum Gasteiger partial charge on any atom is 0.449 e. The minimum atomic E-state index is -4.46. The van der Waals surface area contributed by atoms with Crippen molar-refractivity contribution in [1.29, 1.82) is 0 Å². The smallest absolute Gasteiger partial charge is 0.449 e. The van der Waals surface area contributed by atoms with Gasteiger partial charge >= 0.3 is 21.6 Å². The van der Waals surface area contributed by atoms with Crippen molar-refractivity contribution >= 4 is 21.6 Å². The number of unbranched alkanes of at least 4 members (excludes halogenated alkanes) is 9. The van der Waals surface area contributed by atoms with Crippen molar-refractivity contribution in [1.82, 2.24) is 4.44 Å².